The van der Waals surface area contributed by atoms with Crippen LogP contribution in [0.25, 0.3) is 0 Å². The number of carbonyl (C=O) groups excluding carboxylic acids is 1. The van der Waals surface area contributed by atoms with Crippen molar-refractivity contribution < 1.29 is 4.79 Å². The Kier molecular flexibility index (Phi) is 5.29. The molecule has 1 amide bonds. The normalized spacial score (nSPS) is 27.1. The van der Waals surface area contributed by atoms with Gasteiger partial charge in [-0.3, -0.25) is 9.79 Å². The molecule has 0 bridgehead atoms. The summed E-state index contributed by atoms with van der Waals surface area (Å²) in [5, 5.41) is 7.79. The lowest BCUT2D eigenvalue weighted by Gasteiger charge is -2.31. The second kappa shape index (κ2) is 7.43. The number of nitrogens with zero attached hydrogens (tertiary/aromatic N) is 2. The van der Waals surface area contributed by atoms with E-state index in [1.807, 2.05) is 32.2 Å². The van der Waals surface area contributed by atoms with Crippen molar-refractivity contribution in [2.45, 2.75) is 44.2 Å². The number of nitrogens with one attached hydrogen (secondary N) is 2. The number of amides is 1. The number of halogens is 1. The van der Waals surface area contributed by atoms with Gasteiger partial charge >= 0.3 is 0 Å². The third-order valence-electron chi connectivity index (χ3n) is 4.67. The van der Waals surface area contributed by atoms with E-state index in [1.165, 1.54) is 5.56 Å². The molecule has 1 aromatic carbocycles. The first-order valence-electron chi connectivity index (χ1n) is 8.63. The van der Waals surface area contributed by atoms with Crippen molar-refractivity contribution in [3.63, 3.8) is 0 Å². The molecule has 3 rings (SSSR count). The van der Waals surface area contributed by atoms with E-state index in [1.54, 1.807) is 4.90 Å². The Morgan fingerprint density at radius 3 is 2.96 bits per heavy atom. The maximum atomic E-state index is 11.6. The van der Waals surface area contributed by atoms with E-state index in [2.05, 4.69) is 21.7 Å². The Balaban J connectivity index is 1.56. The van der Waals surface area contributed by atoms with Gasteiger partial charge in [-0.1, -0.05) is 23.7 Å². The van der Waals surface area contributed by atoms with Crippen LogP contribution in [0, 0.1) is 0 Å². The number of likely N-dealkylation sites (N-methyl/N-ethyl adjacent to an activating group) is 1. The summed E-state index contributed by atoms with van der Waals surface area (Å²) in [6.07, 6.45) is 2.55. The molecule has 3 unspecified atom stereocenters. The molecule has 6 heteroatoms. The number of likely N-dealkylation sites (tertiary alicyclic amines) is 1. The lowest BCUT2D eigenvalue weighted by atomic mass is 10.1. The molecule has 1 saturated heterocycles. The zero-order valence-corrected chi connectivity index (χ0v) is 15.0. The summed E-state index contributed by atoms with van der Waals surface area (Å²) in [6, 6.07) is 8.73. The molecule has 1 aliphatic carbocycles. The Bertz CT molecular complexity index is 633. The molecule has 3 atom stereocenters. The fourth-order valence-electron chi connectivity index (χ4n) is 3.25. The molecule has 2 aliphatic rings. The highest BCUT2D eigenvalue weighted by Crippen LogP contribution is 2.41. The highest BCUT2D eigenvalue weighted by atomic mass is 35.5. The Hall–Kier alpha value is -1.75. The summed E-state index contributed by atoms with van der Waals surface area (Å²) >= 11 is 6.09. The maximum absolute atomic E-state index is 11.6. The molecule has 2 N–H and O–H groups in total. The van der Waals surface area contributed by atoms with Gasteiger partial charge in [-0.05, 0) is 37.5 Å². The van der Waals surface area contributed by atoms with Crippen LogP contribution in [0.2, 0.25) is 5.02 Å². The number of carbonyl (C=O) groups is 1. The van der Waals surface area contributed by atoms with E-state index in [-0.39, 0.29) is 11.9 Å². The first-order chi connectivity index (χ1) is 11.6. The van der Waals surface area contributed by atoms with Gasteiger partial charge in [0.25, 0.3) is 0 Å². The van der Waals surface area contributed by atoms with Crippen LogP contribution in [-0.2, 0) is 4.79 Å². The van der Waals surface area contributed by atoms with Gasteiger partial charge in [0, 0.05) is 49.6 Å². The molecule has 130 valence electrons. The molecule has 2 fully saturated rings. The molecule has 0 aromatic heterocycles. The molecule has 24 heavy (non-hydrogen) atoms. The van der Waals surface area contributed by atoms with Gasteiger partial charge < -0.3 is 15.5 Å². The molecule has 0 spiro atoms. The lowest BCUT2D eigenvalue weighted by Crippen LogP contribution is -2.52. The predicted molar refractivity (Wildman–Crippen MR) is 97.5 cm³/mol. The molecule has 1 aliphatic heterocycles. The lowest BCUT2D eigenvalue weighted by molar-refractivity contribution is -0.132. The molecule has 1 heterocycles. The van der Waals surface area contributed by atoms with Gasteiger partial charge in [-0.25, -0.2) is 0 Å². The van der Waals surface area contributed by atoms with Gasteiger partial charge in [0.1, 0.15) is 0 Å². The minimum atomic E-state index is 0.221. The van der Waals surface area contributed by atoms with Crippen LogP contribution in [0.5, 0.6) is 0 Å². The van der Waals surface area contributed by atoms with Crippen molar-refractivity contribution >= 4 is 23.5 Å². The fourth-order valence-corrected chi connectivity index (χ4v) is 3.45. The van der Waals surface area contributed by atoms with E-state index in [9.17, 15) is 4.79 Å². The van der Waals surface area contributed by atoms with Crippen LogP contribution < -0.4 is 10.6 Å². The summed E-state index contributed by atoms with van der Waals surface area (Å²) in [4.78, 5) is 17.9. The van der Waals surface area contributed by atoms with Crippen molar-refractivity contribution in [3.05, 3.63) is 34.9 Å². The van der Waals surface area contributed by atoms with Gasteiger partial charge in [-0.2, -0.15) is 0 Å². The van der Waals surface area contributed by atoms with Crippen LogP contribution in [0.3, 0.4) is 0 Å². The second-order valence-corrected chi connectivity index (χ2v) is 7.06. The minimum Gasteiger partial charge on any atom is -0.353 e. The van der Waals surface area contributed by atoms with Crippen molar-refractivity contribution in [3.8, 4) is 0 Å². The van der Waals surface area contributed by atoms with Crippen molar-refractivity contribution in [1.29, 1.82) is 0 Å². The number of guanidine groups is 1. The zero-order valence-electron chi connectivity index (χ0n) is 14.3. The van der Waals surface area contributed by atoms with Gasteiger partial charge in [0.05, 0.1) is 0 Å². The molecular formula is C18H25ClN4O. The summed E-state index contributed by atoms with van der Waals surface area (Å²) in [5.41, 5.74) is 1.28. The SMILES string of the molecule is CCN=C(NC1CCC(=O)N(C)C1)NC1CC1c1cccc(Cl)c1. The smallest absolute Gasteiger partial charge is 0.222 e. The van der Waals surface area contributed by atoms with E-state index in [0.29, 0.717) is 18.4 Å². The van der Waals surface area contributed by atoms with Crippen LogP contribution >= 0.6 is 11.6 Å². The number of rotatable bonds is 4. The summed E-state index contributed by atoms with van der Waals surface area (Å²) in [5.74, 6) is 1.56. The predicted octanol–water partition coefficient (Wildman–Crippen LogP) is 2.37. The van der Waals surface area contributed by atoms with Crippen LogP contribution in [0.15, 0.2) is 29.3 Å². The van der Waals surface area contributed by atoms with Crippen LogP contribution in [0.4, 0.5) is 0 Å². The van der Waals surface area contributed by atoms with Crippen LogP contribution in [-0.4, -0.2) is 49.0 Å². The number of benzene rings is 1. The topological polar surface area (TPSA) is 56.7 Å². The number of hydrogen-bond donors (Lipinski definition) is 2. The van der Waals surface area contributed by atoms with Crippen LogP contribution in [0.1, 0.15) is 37.7 Å². The minimum absolute atomic E-state index is 0.221. The third-order valence-corrected chi connectivity index (χ3v) is 4.91. The molecule has 5 nitrogen and oxygen atoms in total. The Morgan fingerprint density at radius 1 is 1.42 bits per heavy atom. The van der Waals surface area contributed by atoms with E-state index < -0.39 is 0 Å². The molecule has 1 aromatic rings. The fraction of sp³-hybridized carbons (Fsp3) is 0.556. The zero-order chi connectivity index (χ0) is 17.1. The van der Waals surface area contributed by atoms with Gasteiger partial charge in [0.2, 0.25) is 5.91 Å². The third kappa shape index (κ3) is 4.20. The summed E-state index contributed by atoms with van der Waals surface area (Å²) in [6.45, 7) is 3.48. The van der Waals surface area contributed by atoms with Gasteiger partial charge in [-0.15, -0.1) is 0 Å². The Morgan fingerprint density at radius 2 is 2.25 bits per heavy atom. The van der Waals surface area contributed by atoms with Gasteiger partial charge in [0.15, 0.2) is 5.96 Å². The van der Waals surface area contributed by atoms with Crippen molar-refractivity contribution in [2.75, 3.05) is 20.1 Å². The standard InChI is InChI=1S/C18H25ClN4O/c1-3-20-18(21-14-7-8-17(24)23(2)11-14)22-16-10-15(16)12-5-4-6-13(19)9-12/h4-6,9,14-16H,3,7-8,10-11H2,1-2H3,(H2,20,21,22). The molecule has 1 saturated carbocycles. The number of aliphatic imine (C=N–C) groups is 1. The second-order valence-electron chi connectivity index (χ2n) is 6.63. The average molecular weight is 349 g/mol. The quantitative estimate of drug-likeness (QED) is 0.648. The number of hydrogen-bond acceptors (Lipinski definition) is 2. The summed E-state index contributed by atoms with van der Waals surface area (Å²) in [7, 11) is 1.86. The first kappa shape index (κ1) is 17.1. The highest BCUT2D eigenvalue weighted by Gasteiger charge is 2.39. The van der Waals surface area contributed by atoms with E-state index in [0.717, 1.165) is 36.9 Å². The molecular weight excluding hydrogens is 324 g/mol. The van der Waals surface area contributed by atoms with E-state index >= 15 is 0 Å². The summed E-state index contributed by atoms with van der Waals surface area (Å²) < 4.78 is 0. The van der Waals surface area contributed by atoms with E-state index in [4.69, 9.17) is 11.6 Å². The largest absolute Gasteiger partial charge is 0.353 e. The van der Waals surface area contributed by atoms with Crippen molar-refractivity contribution in [1.82, 2.24) is 15.5 Å². The molecule has 0 radical (unpaired) electrons. The maximum Gasteiger partial charge on any atom is 0.222 e. The highest BCUT2D eigenvalue weighted by molar-refractivity contribution is 6.30. The monoisotopic (exact) mass is 348 g/mol. The first-order valence-corrected chi connectivity index (χ1v) is 9.01. The number of piperidine rings is 1. The Labute approximate surface area is 148 Å². The van der Waals surface area contributed by atoms with Crippen molar-refractivity contribution in [2.24, 2.45) is 4.99 Å². The average Bonchev–Trinajstić information content (AvgIpc) is 3.30.